The first-order valence-corrected chi connectivity index (χ1v) is 8.14. The van der Waals surface area contributed by atoms with Gasteiger partial charge in [0.25, 0.3) is 0 Å². The molecule has 7 heteroatoms. The summed E-state index contributed by atoms with van der Waals surface area (Å²) in [4.78, 5) is 1.81. The summed E-state index contributed by atoms with van der Waals surface area (Å²) < 4.78 is 53.3. The van der Waals surface area contributed by atoms with E-state index in [9.17, 15) is 22.7 Å². The van der Waals surface area contributed by atoms with Crippen LogP contribution in [-0.2, 0) is 6.18 Å². The molecule has 1 fully saturated rings. The predicted octanol–water partition coefficient (Wildman–Crippen LogP) is 4.81. The van der Waals surface area contributed by atoms with E-state index in [2.05, 4.69) is 0 Å². The number of benzene rings is 2. The van der Waals surface area contributed by atoms with E-state index in [4.69, 9.17) is 5.26 Å². The van der Waals surface area contributed by atoms with E-state index in [-0.39, 0.29) is 11.7 Å². The molecule has 26 heavy (non-hydrogen) atoms. The van der Waals surface area contributed by atoms with Gasteiger partial charge in [-0.2, -0.15) is 18.4 Å². The molecule has 0 saturated carbocycles. The van der Waals surface area contributed by atoms with Crippen LogP contribution >= 0.6 is 0 Å². The summed E-state index contributed by atoms with van der Waals surface area (Å²) in [5.74, 6) is -0.658. The standard InChI is InChI=1S/C19H16F4N2O/c20-18-10-15(26)3-4-16(18)12-5-7-25(8-6-12)14-2-1-13(11-24)17(9-14)19(21,22)23/h1-4,9-10,12,26H,5-8H2. The molecule has 1 aliphatic heterocycles. The van der Waals surface area contributed by atoms with Crippen molar-refractivity contribution in [2.24, 2.45) is 0 Å². The average molecular weight is 364 g/mol. The molecule has 2 aromatic rings. The summed E-state index contributed by atoms with van der Waals surface area (Å²) in [7, 11) is 0. The smallest absolute Gasteiger partial charge is 0.417 e. The Kier molecular flexibility index (Phi) is 4.77. The fourth-order valence-corrected chi connectivity index (χ4v) is 3.36. The number of nitrogens with zero attached hydrogens (tertiary/aromatic N) is 2. The summed E-state index contributed by atoms with van der Waals surface area (Å²) in [6, 6.07) is 9.31. The van der Waals surface area contributed by atoms with Gasteiger partial charge in [0.05, 0.1) is 17.2 Å². The Morgan fingerprint density at radius 3 is 2.35 bits per heavy atom. The lowest BCUT2D eigenvalue weighted by Gasteiger charge is -2.34. The predicted molar refractivity (Wildman–Crippen MR) is 88.4 cm³/mol. The molecule has 0 aromatic heterocycles. The highest BCUT2D eigenvalue weighted by Crippen LogP contribution is 2.37. The third-order valence-corrected chi connectivity index (χ3v) is 4.71. The fraction of sp³-hybridized carbons (Fsp3) is 0.316. The lowest BCUT2D eigenvalue weighted by molar-refractivity contribution is -0.137. The molecule has 136 valence electrons. The molecule has 3 nitrogen and oxygen atoms in total. The molecule has 0 radical (unpaired) electrons. The van der Waals surface area contributed by atoms with Gasteiger partial charge >= 0.3 is 6.18 Å². The average Bonchev–Trinajstić information content (AvgIpc) is 2.61. The van der Waals surface area contributed by atoms with Crippen LogP contribution in [0.3, 0.4) is 0 Å². The largest absolute Gasteiger partial charge is 0.508 e. The van der Waals surface area contributed by atoms with Crippen molar-refractivity contribution in [2.45, 2.75) is 24.9 Å². The van der Waals surface area contributed by atoms with Crippen LogP contribution in [0.1, 0.15) is 35.4 Å². The Bertz CT molecular complexity index is 850. The van der Waals surface area contributed by atoms with Gasteiger partial charge < -0.3 is 10.0 Å². The Morgan fingerprint density at radius 2 is 1.77 bits per heavy atom. The Morgan fingerprint density at radius 1 is 1.08 bits per heavy atom. The van der Waals surface area contributed by atoms with Gasteiger partial charge in [-0.1, -0.05) is 6.07 Å². The first-order chi connectivity index (χ1) is 12.3. The molecule has 0 unspecified atom stereocenters. The maximum Gasteiger partial charge on any atom is 0.417 e. The zero-order chi connectivity index (χ0) is 18.9. The third-order valence-electron chi connectivity index (χ3n) is 4.71. The van der Waals surface area contributed by atoms with Crippen molar-refractivity contribution in [3.05, 3.63) is 58.9 Å². The zero-order valence-corrected chi connectivity index (χ0v) is 13.7. The van der Waals surface area contributed by atoms with Crippen LogP contribution in [0.15, 0.2) is 36.4 Å². The minimum atomic E-state index is -4.59. The Hall–Kier alpha value is -2.75. The molecule has 0 spiro atoms. The second-order valence-corrected chi connectivity index (χ2v) is 6.31. The molecule has 1 saturated heterocycles. The van der Waals surface area contributed by atoms with Gasteiger partial charge in [0.1, 0.15) is 11.6 Å². The lowest BCUT2D eigenvalue weighted by atomic mass is 9.88. The second kappa shape index (κ2) is 6.87. The van der Waals surface area contributed by atoms with Crippen LogP contribution in [0.5, 0.6) is 5.75 Å². The van der Waals surface area contributed by atoms with Crippen molar-refractivity contribution < 1.29 is 22.7 Å². The van der Waals surface area contributed by atoms with Crippen molar-refractivity contribution in [2.75, 3.05) is 18.0 Å². The maximum atomic E-state index is 14.0. The molecule has 3 rings (SSSR count). The van der Waals surface area contributed by atoms with E-state index in [1.807, 2.05) is 4.90 Å². The first-order valence-electron chi connectivity index (χ1n) is 8.14. The minimum Gasteiger partial charge on any atom is -0.508 e. The SMILES string of the molecule is N#Cc1ccc(N2CCC(c3ccc(O)cc3F)CC2)cc1C(F)(F)F. The van der Waals surface area contributed by atoms with Gasteiger partial charge in [-0.05, 0) is 48.6 Å². The topological polar surface area (TPSA) is 47.3 Å². The quantitative estimate of drug-likeness (QED) is 0.779. The van der Waals surface area contributed by atoms with Crippen LogP contribution in [0.25, 0.3) is 0 Å². The van der Waals surface area contributed by atoms with Gasteiger partial charge in [0.2, 0.25) is 0 Å². The number of phenols is 1. The molecular weight excluding hydrogens is 348 g/mol. The highest BCUT2D eigenvalue weighted by molar-refractivity contribution is 5.55. The Balaban J connectivity index is 1.77. The second-order valence-electron chi connectivity index (χ2n) is 6.31. The number of hydrogen-bond donors (Lipinski definition) is 1. The lowest BCUT2D eigenvalue weighted by Crippen LogP contribution is -2.33. The normalized spacial score (nSPS) is 15.7. The van der Waals surface area contributed by atoms with Crippen LogP contribution in [0, 0.1) is 17.1 Å². The number of phenolic OH excluding ortho intramolecular Hbond substituents is 1. The van der Waals surface area contributed by atoms with Gasteiger partial charge in [0.15, 0.2) is 0 Å². The van der Waals surface area contributed by atoms with Gasteiger partial charge in [-0.25, -0.2) is 4.39 Å². The molecule has 2 aromatic carbocycles. The van der Waals surface area contributed by atoms with E-state index in [0.29, 0.717) is 37.2 Å². The molecule has 0 bridgehead atoms. The highest BCUT2D eigenvalue weighted by Gasteiger charge is 2.34. The molecular formula is C19H16F4N2O. The Labute approximate surface area is 148 Å². The van der Waals surface area contributed by atoms with E-state index in [0.717, 1.165) is 12.1 Å². The monoisotopic (exact) mass is 364 g/mol. The molecule has 0 amide bonds. The van der Waals surface area contributed by atoms with Gasteiger partial charge in [0, 0.05) is 24.8 Å². The number of halogens is 4. The molecule has 0 aliphatic carbocycles. The van der Waals surface area contributed by atoms with Gasteiger partial charge in [-0.15, -0.1) is 0 Å². The zero-order valence-electron chi connectivity index (χ0n) is 13.7. The fourth-order valence-electron chi connectivity index (χ4n) is 3.36. The minimum absolute atomic E-state index is 0.0488. The molecule has 1 aliphatic rings. The van der Waals surface area contributed by atoms with Crippen LogP contribution < -0.4 is 4.90 Å². The van der Waals surface area contributed by atoms with Crippen molar-refractivity contribution >= 4 is 5.69 Å². The number of alkyl halides is 3. The summed E-state index contributed by atoms with van der Waals surface area (Å²) >= 11 is 0. The van der Waals surface area contributed by atoms with Crippen LogP contribution in [-0.4, -0.2) is 18.2 Å². The number of piperidine rings is 1. The number of hydrogen-bond acceptors (Lipinski definition) is 3. The number of nitriles is 1. The van der Waals surface area contributed by atoms with Crippen molar-refractivity contribution in [3.8, 4) is 11.8 Å². The summed E-state index contributed by atoms with van der Waals surface area (Å²) in [6.45, 7) is 0.961. The van der Waals surface area contributed by atoms with Crippen LogP contribution in [0.2, 0.25) is 0 Å². The molecule has 1 N–H and O–H groups in total. The number of rotatable bonds is 2. The number of aromatic hydroxyl groups is 1. The van der Waals surface area contributed by atoms with Crippen molar-refractivity contribution in [1.82, 2.24) is 0 Å². The van der Waals surface area contributed by atoms with Gasteiger partial charge in [-0.3, -0.25) is 0 Å². The number of anilines is 1. The summed E-state index contributed by atoms with van der Waals surface area (Å²) in [6.07, 6.45) is -3.42. The third kappa shape index (κ3) is 3.59. The highest BCUT2D eigenvalue weighted by atomic mass is 19.4. The maximum absolute atomic E-state index is 14.0. The van der Waals surface area contributed by atoms with E-state index in [1.54, 1.807) is 12.1 Å². The van der Waals surface area contributed by atoms with Crippen molar-refractivity contribution in [3.63, 3.8) is 0 Å². The first kappa shape index (κ1) is 18.1. The summed E-state index contributed by atoms with van der Waals surface area (Å²) in [5.41, 5.74) is -0.425. The van der Waals surface area contributed by atoms with E-state index < -0.39 is 23.1 Å². The molecule has 0 atom stereocenters. The molecule has 1 heterocycles. The van der Waals surface area contributed by atoms with E-state index >= 15 is 0 Å². The van der Waals surface area contributed by atoms with Crippen LogP contribution in [0.4, 0.5) is 23.2 Å². The van der Waals surface area contributed by atoms with E-state index in [1.165, 1.54) is 18.2 Å². The summed E-state index contributed by atoms with van der Waals surface area (Å²) in [5, 5.41) is 18.2. The van der Waals surface area contributed by atoms with Crippen molar-refractivity contribution in [1.29, 1.82) is 5.26 Å².